The Morgan fingerprint density at radius 3 is 2.42 bits per heavy atom. The minimum Gasteiger partial charge on any atom is -0.356 e. The first-order valence-electron chi connectivity index (χ1n) is 7.18. The van der Waals surface area contributed by atoms with Gasteiger partial charge < -0.3 is 4.90 Å². The first-order chi connectivity index (χ1) is 8.90. The lowest BCUT2D eigenvalue weighted by Gasteiger charge is -2.39. The van der Waals surface area contributed by atoms with Crippen LogP contribution in [0.4, 0.5) is 5.82 Å². The van der Waals surface area contributed by atoms with Crippen molar-refractivity contribution in [3.05, 3.63) is 16.5 Å². The van der Waals surface area contributed by atoms with Gasteiger partial charge >= 0.3 is 0 Å². The number of halogens is 1. The molecule has 0 spiro atoms. The molecule has 0 N–H and O–H groups in total. The standard InChI is InChI=1S/C15H24BrN3/c1-5-13-17-12(16)10-14(18-13)19-8-6-11(7-9-19)15(2,3)4/h10-11H,5-9H2,1-4H3. The molecular formula is C15H24BrN3. The maximum atomic E-state index is 4.65. The normalized spacial score (nSPS) is 17.8. The summed E-state index contributed by atoms with van der Waals surface area (Å²) in [5, 5.41) is 0. The van der Waals surface area contributed by atoms with Gasteiger partial charge in [0.1, 0.15) is 16.2 Å². The number of hydrogen-bond donors (Lipinski definition) is 0. The maximum Gasteiger partial charge on any atom is 0.133 e. The summed E-state index contributed by atoms with van der Waals surface area (Å²) in [4.78, 5) is 11.4. The van der Waals surface area contributed by atoms with Gasteiger partial charge in [-0.05, 0) is 40.1 Å². The molecule has 1 aromatic rings. The zero-order valence-corrected chi connectivity index (χ0v) is 14.0. The molecule has 0 saturated carbocycles. The van der Waals surface area contributed by atoms with E-state index in [2.05, 4.69) is 58.5 Å². The van der Waals surface area contributed by atoms with Crippen molar-refractivity contribution >= 4 is 21.7 Å². The second-order valence-corrected chi connectivity index (χ2v) is 7.26. The first kappa shape index (κ1) is 14.8. The van der Waals surface area contributed by atoms with Crippen molar-refractivity contribution in [1.29, 1.82) is 0 Å². The van der Waals surface area contributed by atoms with E-state index < -0.39 is 0 Å². The van der Waals surface area contributed by atoms with Gasteiger partial charge in [0.2, 0.25) is 0 Å². The van der Waals surface area contributed by atoms with Gasteiger partial charge in [-0.2, -0.15) is 0 Å². The van der Waals surface area contributed by atoms with Crippen LogP contribution in [0.15, 0.2) is 10.7 Å². The van der Waals surface area contributed by atoms with Crippen LogP contribution in [0.5, 0.6) is 0 Å². The number of rotatable bonds is 2. The molecule has 19 heavy (non-hydrogen) atoms. The van der Waals surface area contributed by atoms with Crippen molar-refractivity contribution in [2.24, 2.45) is 11.3 Å². The minimum absolute atomic E-state index is 0.424. The Balaban J connectivity index is 2.07. The van der Waals surface area contributed by atoms with Gasteiger partial charge in [0.05, 0.1) is 0 Å². The summed E-state index contributed by atoms with van der Waals surface area (Å²) in [5.41, 5.74) is 0.424. The molecule has 2 heterocycles. The van der Waals surface area contributed by atoms with E-state index in [1.165, 1.54) is 12.8 Å². The highest BCUT2D eigenvalue weighted by molar-refractivity contribution is 9.10. The van der Waals surface area contributed by atoms with Gasteiger partial charge in [-0.25, -0.2) is 9.97 Å². The second-order valence-electron chi connectivity index (χ2n) is 6.45. The molecule has 0 atom stereocenters. The summed E-state index contributed by atoms with van der Waals surface area (Å²) in [6.45, 7) is 11.4. The van der Waals surface area contributed by atoms with Crippen LogP contribution >= 0.6 is 15.9 Å². The number of piperidine rings is 1. The highest BCUT2D eigenvalue weighted by Crippen LogP contribution is 2.35. The minimum atomic E-state index is 0.424. The van der Waals surface area contributed by atoms with Crippen molar-refractivity contribution in [2.75, 3.05) is 18.0 Å². The molecule has 1 aliphatic rings. The number of aromatic nitrogens is 2. The van der Waals surface area contributed by atoms with E-state index in [0.29, 0.717) is 5.41 Å². The quantitative estimate of drug-likeness (QED) is 0.767. The topological polar surface area (TPSA) is 29.0 Å². The second kappa shape index (κ2) is 5.78. The Kier molecular flexibility index (Phi) is 4.49. The summed E-state index contributed by atoms with van der Waals surface area (Å²) in [5.74, 6) is 2.81. The number of nitrogens with zero attached hydrogens (tertiary/aromatic N) is 3. The molecule has 0 unspecified atom stereocenters. The Morgan fingerprint density at radius 1 is 1.26 bits per heavy atom. The Morgan fingerprint density at radius 2 is 1.89 bits per heavy atom. The van der Waals surface area contributed by atoms with E-state index in [1.807, 2.05) is 6.07 Å². The summed E-state index contributed by atoms with van der Waals surface area (Å²) in [7, 11) is 0. The van der Waals surface area contributed by atoms with Gasteiger partial charge in [-0.15, -0.1) is 0 Å². The van der Waals surface area contributed by atoms with Crippen LogP contribution in [0.1, 0.15) is 46.4 Å². The Bertz CT molecular complexity index is 432. The number of aryl methyl sites for hydroxylation is 1. The SMILES string of the molecule is CCc1nc(Br)cc(N2CCC(C(C)(C)C)CC2)n1. The predicted molar refractivity (Wildman–Crippen MR) is 83.5 cm³/mol. The molecule has 0 amide bonds. The van der Waals surface area contributed by atoms with Crippen molar-refractivity contribution in [1.82, 2.24) is 9.97 Å². The Hall–Kier alpha value is -0.640. The molecule has 0 radical (unpaired) electrons. The van der Waals surface area contributed by atoms with Crippen LogP contribution in [-0.2, 0) is 6.42 Å². The van der Waals surface area contributed by atoms with Gasteiger partial charge in [-0.1, -0.05) is 27.7 Å². The molecule has 3 nitrogen and oxygen atoms in total. The van der Waals surface area contributed by atoms with Crippen LogP contribution in [0.2, 0.25) is 0 Å². The molecule has 1 fully saturated rings. The maximum absolute atomic E-state index is 4.65. The van der Waals surface area contributed by atoms with Crippen molar-refractivity contribution < 1.29 is 0 Å². The van der Waals surface area contributed by atoms with Crippen molar-refractivity contribution in [3.63, 3.8) is 0 Å². The van der Waals surface area contributed by atoms with Crippen molar-refractivity contribution in [2.45, 2.75) is 47.0 Å². The smallest absolute Gasteiger partial charge is 0.133 e. The summed E-state index contributed by atoms with van der Waals surface area (Å²) in [6.07, 6.45) is 3.39. The summed E-state index contributed by atoms with van der Waals surface area (Å²) < 4.78 is 0.896. The van der Waals surface area contributed by atoms with Crippen LogP contribution < -0.4 is 4.90 Å². The van der Waals surface area contributed by atoms with E-state index in [1.54, 1.807) is 0 Å². The fraction of sp³-hybridized carbons (Fsp3) is 0.733. The molecule has 1 aromatic heterocycles. The highest BCUT2D eigenvalue weighted by Gasteiger charge is 2.29. The van der Waals surface area contributed by atoms with E-state index in [9.17, 15) is 0 Å². The summed E-state index contributed by atoms with van der Waals surface area (Å²) >= 11 is 3.49. The lowest BCUT2D eigenvalue weighted by molar-refractivity contribution is 0.198. The highest BCUT2D eigenvalue weighted by atomic mass is 79.9. The largest absolute Gasteiger partial charge is 0.356 e. The molecule has 1 aliphatic heterocycles. The average Bonchev–Trinajstić information content (AvgIpc) is 2.37. The third kappa shape index (κ3) is 3.68. The monoisotopic (exact) mass is 325 g/mol. The first-order valence-corrected chi connectivity index (χ1v) is 7.98. The van der Waals surface area contributed by atoms with Crippen LogP contribution in [-0.4, -0.2) is 23.1 Å². The van der Waals surface area contributed by atoms with Gasteiger partial charge in [-0.3, -0.25) is 0 Å². The van der Waals surface area contributed by atoms with Gasteiger partial charge in [0, 0.05) is 25.6 Å². The molecule has 0 aromatic carbocycles. The van der Waals surface area contributed by atoms with Crippen LogP contribution in [0.25, 0.3) is 0 Å². The van der Waals surface area contributed by atoms with E-state index >= 15 is 0 Å². The fourth-order valence-electron chi connectivity index (χ4n) is 2.75. The number of anilines is 1. The molecule has 0 bridgehead atoms. The van der Waals surface area contributed by atoms with E-state index in [4.69, 9.17) is 0 Å². The van der Waals surface area contributed by atoms with Crippen LogP contribution in [0.3, 0.4) is 0 Å². The molecular weight excluding hydrogens is 302 g/mol. The fourth-order valence-corrected chi connectivity index (χ4v) is 3.16. The molecule has 1 saturated heterocycles. The number of hydrogen-bond acceptors (Lipinski definition) is 3. The molecule has 4 heteroatoms. The van der Waals surface area contributed by atoms with Gasteiger partial charge in [0.25, 0.3) is 0 Å². The van der Waals surface area contributed by atoms with E-state index in [-0.39, 0.29) is 0 Å². The molecule has 2 rings (SSSR count). The lowest BCUT2D eigenvalue weighted by Crippen LogP contribution is -2.38. The Labute approximate surface area is 125 Å². The lowest BCUT2D eigenvalue weighted by atomic mass is 9.75. The zero-order valence-electron chi connectivity index (χ0n) is 12.4. The third-order valence-electron chi connectivity index (χ3n) is 4.09. The predicted octanol–water partition coefficient (Wildman–Crippen LogP) is 4.06. The van der Waals surface area contributed by atoms with Gasteiger partial charge in [0.15, 0.2) is 0 Å². The summed E-state index contributed by atoms with van der Waals surface area (Å²) in [6, 6.07) is 2.04. The molecule has 106 valence electrons. The average molecular weight is 326 g/mol. The molecule has 0 aliphatic carbocycles. The van der Waals surface area contributed by atoms with Crippen LogP contribution in [0, 0.1) is 11.3 Å². The third-order valence-corrected chi connectivity index (χ3v) is 4.49. The van der Waals surface area contributed by atoms with Crippen molar-refractivity contribution in [3.8, 4) is 0 Å². The zero-order chi connectivity index (χ0) is 14.0. The van der Waals surface area contributed by atoms with E-state index in [0.717, 1.165) is 41.7 Å².